The maximum atomic E-state index is 12.4. The van der Waals surface area contributed by atoms with E-state index in [4.69, 9.17) is 0 Å². The van der Waals surface area contributed by atoms with E-state index < -0.39 is 0 Å². The molecule has 3 aliphatic carbocycles. The highest BCUT2D eigenvalue weighted by atomic mass is 16.1. The van der Waals surface area contributed by atoms with Gasteiger partial charge in [0, 0.05) is 11.8 Å². The summed E-state index contributed by atoms with van der Waals surface area (Å²) in [6.45, 7) is 11.5. The summed E-state index contributed by atoms with van der Waals surface area (Å²) in [6, 6.07) is 0. The van der Waals surface area contributed by atoms with Crippen LogP contribution in [0.25, 0.3) is 0 Å². The van der Waals surface area contributed by atoms with Gasteiger partial charge in [0.05, 0.1) is 0 Å². The SMILES string of the molecule is CC(C)C1=CC2=CC[C@H]3C(C)(C)C(=O)CC[C@]3(C)[C@H]2CC1. The van der Waals surface area contributed by atoms with Gasteiger partial charge >= 0.3 is 0 Å². The van der Waals surface area contributed by atoms with E-state index in [-0.39, 0.29) is 5.41 Å². The average Bonchev–Trinajstić information content (AvgIpc) is 2.43. The maximum absolute atomic E-state index is 12.4. The van der Waals surface area contributed by atoms with E-state index in [1.165, 1.54) is 12.8 Å². The van der Waals surface area contributed by atoms with Crippen LogP contribution < -0.4 is 0 Å². The maximum Gasteiger partial charge on any atom is 0.138 e. The smallest absolute Gasteiger partial charge is 0.138 e. The minimum atomic E-state index is -0.142. The summed E-state index contributed by atoms with van der Waals surface area (Å²) in [5, 5.41) is 0. The molecule has 3 rings (SSSR count). The molecular formula is C20H30O. The van der Waals surface area contributed by atoms with Gasteiger partial charge in [0.1, 0.15) is 5.78 Å². The van der Waals surface area contributed by atoms with Gasteiger partial charge in [-0.2, -0.15) is 0 Å². The summed E-state index contributed by atoms with van der Waals surface area (Å²) < 4.78 is 0. The number of carbonyl (C=O) groups is 1. The summed E-state index contributed by atoms with van der Waals surface area (Å²) in [5.41, 5.74) is 3.37. The first-order chi connectivity index (χ1) is 9.76. The molecule has 0 aliphatic heterocycles. The van der Waals surface area contributed by atoms with Crippen LogP contribution in [-0.4, -0.2) is 5.78 Å². The fraction of sp³-hybridized carbons (Fsp3) is 0.750. The lowest BCUT2D eigenvalue weighted by molar-refractivity contribution is -0.143. The molecule has 116 valence electrons. The largest absolute Gasteiger partial charge is 0.299 e. The van der Waals surface area contributed by atoms with Crippen molar-refractivity contribution in [2.75, 3.05) is 0 Å². The Labute approximate surface area is 129 Å². The van der Waals surface area contributed by atoms with Crippen LogP contribution in [0.15, 0.2) is 23.3 Å². The van der Waals surface area contributed by atoms with Crippen molar-refractivity contribution in [2.45, 2.75) is 66.7 Å². The molecule has 1 fully saturated rings. The molecule has 0 aromatic heterocycles. The molecule has 1 saturated carbocycles. The Morgan fingerprint density at radius 1 is 1.19 bits per heavy atom. The lowest BCUT2D eigenvalue weighted by Crippen LogP contribution is -2.52. The zero-order valence-corrected chi connectivity index (χ0v) is 14.3. The van der Waals surface area contributed by atoms with E-state index in [1.807, 2.05) is 0 Å². The topological polar surface area (TPSA) is 17.1 Å². The number of carbonyl (C=O) groups excluding carboxylic acids is 1. The van der Waals surface area contributed by atoms with E-state index >= 15 is 0 Å². The molecular weight excluding hydrogens is 256 g/mol. The van der Waals surface area contributed by atoms with E-state index in [9.17, 15) is 4.79 Å². The van der Waals surface area contributed by atoms with Gasteiger partial charge in [0.25, 0.3) is 0 Å². The van der Waals surface area contributed by atoms with E-state index in [2.05, 4.69) is 46.8 Å². The summed E-state index contributed by atoms with van der Waals surface area (Å²) in [7, 11) is 0. The molecule has 21 heavy (non-hydrogen) atoms. The molecule has 3 aliphatic rings. The lowest BCUT2D eigenvalue weighted by atomic mass is 9.47. The number of fused-ring (bicyclic) bond motifs is 3. The van der Waals surface area contributed by atoms with Crippen LogP contribution in [0.2, 0.25) is 0 Å². The Balaban J connectivity index is 1.99. The number of ketones is 1. The van der Waals surface area contributed by atoms with Crippen LogP contribution in [0.1, 0.15) is 66.7 Å². The fourth-order valence-electron chi connectivity index (χ4n) is 5.36. The molecule has 0 N–H and O–H groups in total. The van der Waals surface area contributed by atoms with Crippen LogP contribution in [0, 0.1) is 28.6 Å². The van der Waals surface area contributed by atoms with Gasteiger partial charge in [-0.05, 0) is 54.4 Å². The number of Topliss-reactive ketones (excluding diaryl/α,β-unsaturated/α-hetero) is 1. The van der Waals surface area contributed by atoms with Crippen LogP contribution in [0.3, 0.4) is 0 Å². The number of hydrogen-bond acceptors (Lipinski definition) is 1. The molecule has 0 amide bonds. The van der Waals surface area contributed by atoms with Crippen molar-refractivity contribution >= 4 is 5.78 Å². The molecule has 0 heterocycles. The average molecular weight is 286 g/mol. The summed E-state index contributed by atoms with van der Waals surface area (Å²) in [6.07, 6.45) is 10.4. The second-order valence-electron chi connectivity index (χ2n) is 8.61. The molecule has 0 aromatic carbocycles. The van der Waals surface area contributed by atoms with E-state index in [0.717, 1.165) is 19.3 Å². The normalized spacial score (nSPS) is 38.5. The summed E-state index contributed by atoms with van der Waals surface area (Å²) in [4.78, 5) is 12.4. The first kappa shape index (κ1) is 15.1. The monoisotopic (exact) mass is 286 g/mol. The standard InChI is InChI=1S/C20H30O/c1-13(2)14-6-8-16-15(12-14)7-9-17-19(3,4)18(21)10-11-20(16,17)5/h7,12-13,16-17H,6,8-11H2,1-5H3/t16-,17-,20+/m0/s1. The summed E-state index contributed by atoms with van der Waals surface area (Å²) in [5.74, 6) is 2.35. The van der Waals surface area contributed by atoms with Crippen molar-refractivity contribution in [3.05, 3.63) is 23.3 Å². The minimum absolute atomic E-state index is 0.142. The van der Waals surface area contributed by atoms with Gasteiger partial charge in [-0.25, -0.2) is 0 Å². The van der Waals surface area contributed by atoms with Crippen LogP contribution in [0.4, 0.5) is 0 Å². The van der Waals surface area contributed by atoms with Crippen LogP contribution in [0.5, 0.6) is 0 Å². The highest BCUT2D eigenvalue weighted by Crippen LogP contribution is 2.60. The quantitative estimate of drug-likeness (QED) is 0.637. The number of allylic oxidation sites excluding steroid dienone is 4. The van der Waals surface area contributed by atoms with Gasteiger partial charge in [0.2, 0.25) is 0 Å². The highest BCUT2D eigenvalue weighted by Gasteiger charge is 2.55. The van der Waals surface area contributed by atoms with Crippen LogP contribution in [-0.2, 0) is 4.79 Å². The second-order valence-corrected chi connectivity index (χ2v) is 8.61. The Bertz CT molecular complexity index is 520. The van der Waals surface area contributed by atoms with Gasteiger partial charge in [-0.1, -0.05) is 52.3 Å². The molecule has 0 unspecified atom stereocenters. The Morgan fingerprint density at radius 3 is 2.57 bits per heavy atom. The van der Waals surface area contributed by atoms with Crippen molar-refractivity contribution in [1.82, 2.24) is 0 Å². The minimum Gasteiger partial charge on any atom is -0.299 e. The highest BCUT2D eigenvalue weighted by molar-refractivity contribution is 5.85. The second kappa shape index (κ2) is 4.83. The molecule has 0 bridgehead atoms. The van der Waals surface area contributed by atoms with Gasteiger partial charge in [-0.15, -0.1) is 0 Å². The van der Waals surface area contributed by atoms with E-state index in [1.54, 1.807) is 11.1 Å². The van der Waals surface area contributed by atoms with Crippen molar-refractivity contribution in [1.29, 1.82) is 0 Å². The van der Waals surface area contributed by atoms with Gasteiger partial charge in [0.15, 0.2) is 0 Å². The Morgan fingerprint density at radius 2 is 1.90 bits per heavy atom. The third kappa shape index (κ3) is 2.15. The molecule has 0 saturated heterocycles. The van der Waals surface area contributed by atoms with E-state index in [0.29, 0.717) is 29.0 Å². The van der Waals surface area contributed by atoms with Crippen molar-refractivity contribution < 1.29 is 4.79 Å². The zero-order valence-electron chi connectivity index (χ0n) is 14.3. The first-order valence-electron chi connectivity index (χ1n) is 8.70. The Kier molecular flexibility index (Phi) is 3.46. The van der Waals surface area contributed by atoms with Crippen LogP contribution >= 0.6 is 0 Å². The van der Waals surface area contributed by atoms with Gasteiger partial charge < -0.3 is 0 Å². The van der Waals surface area contributed by atoms with Gasteiger partial charge in [-0.3, -0.25) is 4.79 Å². The first-order valence-corrected chi connectivity index (χ1v) is 8.70. The molecule has 0 aromatic rings. The number of rotatable bonds is 1. The van der Waals surface area contributed by atoms with Crippen molar-refractivity contribution in [3.63, 3.8) is 0 Å². The molecule has 0 spiro atoms. The number of hydrogen-bond donors (Lipinski definition) is 0. The molecule has 0 radical (unpaired) electrons. The van der Waals surface area contributed by atoms with Crippen molar-refractivity contribution in [2.24, 2.45) is 28.6 Å². The zero-order chi connectivity index (χ0) is 15.4. The molecule has 1 nitrogen and oxygen atoms in total. The third-order valence-electron chi connectivity index (χ3n) is 6.88. The summed E-state index contributed by atoms with van der Waals surface area (Å²) >= 11 is 0. The molecule has 1 heteroatoms. The third-order valence-corrected chi connectivity index (χ3v) is 6.88. The molecule has 3 atom stereocenters. The predicted molar refractivity (Wildman–Crippen MR) is 88.0 cm³/mol. The Hall–Kier alpha value is -0.850. The lowest BCUT2D eigenvalue weighted by Gasteiger charge is -2.56. The fourth-order valence-corrected chi connectivity index (χ4v) is 5.36. The van der Waals surface area contributed by atoms with Crippen molar-refractivity contribution in [3.8, 4) is 0 Å². The predicted octanol–water partition coefficient (Wildman–Crippen LogP) is 5.32.